The van der Waals surface area contributed by atoms with Gasteiger partial charge in [0.25, 0.3) is 0 Å². The SMILES string of the molecule is C=C1CCC(C)(CO)C1(C)CBr. The van der Waals surface area contributed by atoms with E-state index in [-0.39, 0.29) is 17.4 Å². The van der Waals surface area contributed by atoms with Crippen molar-refractivity contribution in [1.82, 2.24) is 0 Å². The Balaban J connectivity index is 2.99. The van der Waals surface area contributed by atoms with E-state index in [4.69, 9.17) is 0 Å². The van der Waals surface area contributed by atoms with Crippen LogP contribution in [-0.2, 0) is 0 Å². The topological polar surface area (TPSA) is 20.2 Å². The summed E-state index contributed by atoms with van der Waals surface area (Å²) in [6.45, 7) is 8.67. The van der Waals surface area contributed by atoms with Crippen LogP contribution < -0.4 is 0 Å². The van der Waals surface area contributed by atoms with Gasteiger partial charge in [-0.05, 0) is 12.8 Å². The summed E-state index contributed by atoms with van der Waals surface area (Å²) in [5, 5.41) is 10.2. The fraction of sp³-hybridized carbons (Fsp3) is 0.800. The summed E-state index contributed by atoms with van der Waals surface area (Å²) in [4.78, 5) is 0. The Hall–Kier alpha value is 0.180. The van der Waals surface area contributed by atoms with Crippen LogP contribution in [0.5, 0.6) is 0 Å². The molecule has 2 atom stereocenters. The van der Waals surface area contributed by atoms with E-state index in [0.717, 1.165) is 18.2 Å². The number of aliphatic hydroxyl groups excluding tert-OH is 1. The monoisotopic (exact) mass is 232 g/mol. The second-order valence-corrected chi connectivity index (χ2v) is 4.85. The molecule has 2 unspecified atom stereocenters. The highest BCUT2D eigenvalue weighted by Crippen LogP contribution is 2.55. The Labute approximate surface area is 83.0 Å². The standard InChI is InChI=1S/C10H17BrO/c1-8-4-5-9(2,7-12)10(8,3)6-11/h12H,1,4-7H2,2-3H3. The molecule has 0 aromatic heterocycles. The molecule has 1 saturated carbocycles. The highest BCUT2D eigenvalue weighted by Gasteiger charge is 2.49. The van der Waals surface area contributed by atoms with Crippen molar-refractivity contribution >= 4 is 15.9 Å². The lowest BCUT2D eigenvalue weighted by Crippen LogP contribution is -2.37. The van der Waals surface area contributed by atoms with E-state index in [1.165, 1.54) is 5.57 Å². The van der Waals surface area contributed by atoms with E-state index in [1.807, 2.05) is 0 Å². The van der Waals surface area contributed by atoms with Gasteiger partial charge in [-0.3, -0.25) is 0 Å². The summed E-state index contributed by atoms with van der Waals surface area (Å²) in [6.07, 6.45) is 2.11. The summed E-state index contributed by atoms with van der Waals surface area (Å²) in [5.74, 6) is 0. The van der Waals surface area contributed by atoms with Crippen molar-refractivity contribution in [3.05, 3.63) is 12.2 Å². The molecule has 1 N–H and O–H groups in total. The minimum Gasteiger partial charge on any atom is -0.396 e. The Morgan fingerprint density at radius 1 is 1.58 bits per heavy atom. The van der Waals surface area contributed by atoms with Gasteiger partial charge in [0.15, 0.2) is 0 Å². The quantitative estimate of drug-likeness (QED) is 0.574. The Kier molecular flexibility index (Phi) is 2.69. The van der Waals surface area contributed by atoms with E-state index in [0.29, 0.717) is 0 Å². The molecule has 1 nitrogen and oxygen atoms in total. The Morgan fingerprint density at radius 3 is 2.50 bits per heavy atom. The molecule has 1 rings (SSSR count). The number of hydrogen-bond acceptors (Lipinski definition) is 1. The summed E-state index contributed by atoms with van der Waals surface area (Å²) >= 11 is 3.52. The van der Waals surface area contributed by atoms with Crippen LogP contribution in [0.15, 0.2) is 12.2 Å². The van der Waals surface area contributed by atoms with Crippen LogP contribution in [0.1, 0.15) is 26.7 Å². The lowest BCUT2D eigenvalue weighted by Gasteiger charge is -2.39. The molecule has 0 bridgehead atoms. The zero-order chi connectivity index (χ0) is 9.41. The number of alkyl halides is 1. The molecule has 0 amide bonds. The summed E-state index contributed by atoms with van der Waals surface area (Å²) < 4.78 is 0. The molecule has 0 aromatic carbocycles. The summed E-state index contributed by atoms with van der Waals surface area (Å²) in [5.41, 5.74) is 1.37. The Morgan fingerprint density at radius 2 is 2.17 bits per heavy atom. The van der Waals surface area contributed by atoms with Gasteiger partial charge >= 0.3 is 0 Å². The van der Waals surface area contributed by atoms with Crippen LogP contribution in [0.3, 0.4) is 0 Å². The molecule has 1 fully saturated rings. The van der Waals surface area contributed by atoms with Crippen LogP contribution in [0.4, 0.5) is 0 Å². The normalized spacial score (nSPS) is 42.2. The first-order valence-electron chi connectivity index (χ1n) is 4.35. The largest absolute Gasteiger partial charge is 0.396 e. The lowest BCUT2D eigenvalue weighted by molar-refractivity contribution is 0.0690. The van der Waals surface area contributed by atoms with Gasteiger partial charge in [-0.25, -0.2) is 0 Å². The van der Waals surface area contributed by atoms with Crippen LogP contribution in [0, 0.1) is 10.8 Å². The van der Waals surface area contributed by atoms with Crippen molar-refractivity contribution in [2.45, 2.75) is 26.7 Å². The zero-order valence-electron chi connectivity index (χ0n) is 7.86. The van der Waals surface area contributed by atoms with E-state index in [2.05, 4.69) is 36.4 Å². The molecule has 0 heterocycles. The number of hydrogen-bond donors (Lipinski definition) is 1. The average Bonchev–Trinajstić information content (AvgIpc) is 2.31. The van der Waals surface area contributed by atoms with Crippen molar-refractivity contribution in [2.24, 2.45) is 10.8 Å². The van der Waals surface area contributed by atoms with Crippen molar-refractivity contribution in [3.63, 3.8) is 0 Å². The number of allylic oxidation sites excluding steroid dienone is 1. The van der Waals surface area contributed by atoms with Crippen molar-refractivity contribution in [2.75, 3.05) is 11.9 Å². The predicted molar refractivity (Wildman–Crippen MR) is 55.5 cm³/mol. The Bertz CT molecular complexity index is 202. The minimum absolute atomic E-state index is 0.0214. The molecule has 0 aliphatic heterocycles. The van der Waals surface area contributed by atoms with Crippen LogP contribution >= 0.6 is 15.9 Å². The fourth-order valence-corrected chi connectivity index (χ4v) is 2.99. The van der Waals surface area contributed by atoms with Gasteiger partial charge in [0.2, 0.25) is 0 Å². The van der Waals surface area contributed by atoms with E-state index in [1.54, 1.807) is 0 Å². The first-order chi connectivity index (χ1) is 5.50. The van der Waals surface area contributed by atoms with Crippen LogP contribution in [-0.4, -0.2) is 17.0 Å². The number of halogens is 1. The third-order valence-corrected chi connectivity index (χ3v) is 4.83. The van der Waals surface area contributed by atoms with Crippen molar-refractivity contribution in [1.29, 1.82) is 0 Å². The van der Waals surface area contributed by atoms with Gasteiger partial charge in [0.1, 0.15) is 0 Å². The summed E-state index contributed by atoms with van der Waals surface area (Å²) in [7, 11) is 0. The zero-order valence-corrected chi connectivity index (χ0v) is 9.45. The molecule has 0 aromatic rings. The number of rotatable bonds is 2. The number of aliphatic hydroxyl groups is 1. The van der Waals surface area contributed by atoms with Crippen molar-refractivity contribution in [3.8, 4) is 0 Å². The molecule has 1 aliphatic rings. The third-order valence-electron chi connectivity index (χ3n) is 3.71. The highest BCUT2D eigenvalue weighted by molar-refractivity contribution is 9.09. The minimum atomic E-state index is 0.0214. The maximum atomic E-state index is 9.35. The predicted octanol–water partition coefficient (Wildman–Crippen LogP) is 2.74. The molecule has 0 saturated heterocycles. The third kappa shape index (κ3) is 1.16. The van der Waals surface area contributed by atoms with Gasteiger partial charge in [0, 0.05) is 22.8 Å². The lowest BCUT2D eigenvalue weighted by atomic mass is 9.68. The highest BCUT2D eigenvalue weighted by atomic mass is 79.9. The average molecular weight is 233 g/mol. The molecule has 12 heavy (non-hydrogen) atoms. The van der Waals surface area contributed by atoms with E-state index < -0.39 is 0 Å². The molecule has 0 spiro atoms. The first kappa shape index (κ1) is 10.3. The molecule has 1 aliphatic carbocycles. The molecule has 2 heteroatoms. The molecule has 70 valence electrons. The van der Waals surface area contributed by atoms with Gasteiger partial charge in [-0.15, -0.1) is 0 Å². The second kappa shape index (κ2) is 3.15. The first-order valence-corrected chi connectivity index (χ1v) is 5.47. The van der Waals surface area contributed by atoms with Crippen LogP contribution in [0.25, 0.3) is 0 Å². The van der Waals surface area contributed by atoms with Gasteiger partial charge in [-0.2, -0.15) is 0 Å². The van der Waals surface area contributed by atoms with E-state index in [9.17, 15) is 5.11 Å². The fourth-order valence-electron chi connectivity index (χ4n) is 1.91. The maximum Gasteiger partial charge on any atom is 0.0493 e. The van der Waals surface area contributed by atoms with Gasteiger partial charge < -0.3 is 5.11 Å². The van der Waals surface area contributed by atoms with Crippen LogP contribution in [0.2, 0.25) is 0 Å². The molecule has 0 radical (unpaired) electrons. The summed E-state index contributed by atoms with van der Waals surface area (Å²) in [6, 6.07) is 0. The van der Waals surface area contributed by atoms with Gasteiger partial charge in [-0.1, -0.05) is 41.9 Å². The van der Waals surface area contributed by atoms with Gasteiger partial charge in [0.05, 0.1) is 0 Å². The smallest absolute Gasteiger partial charge is 0.0493 e. The van der Waals surface area contributed by atoms with E-state index >= 15 is 0 Å². The molecular weight excluding hydrogens is 216 g/mol. The van der Waals surface area contributed by atoms with Crippen molar-refractivity contribution < 1.29 is 5.11 Å². The molecular formula is C10H17BrO. The second-order valence-electron chi connectivity index (χ2n) is 4.29. The maximum absolute atomic E-state index is 9.35.